The van der Waals surface area contributed by atoms with Gasteiger partial charge in [-0.05, 0) is 42.0 Å². The van der Waals surface area contributed by atoms with E-state index < -0.39 is 11.8 Å². The van der Waals surface area contributed by atoms with E-state index in [0.717, 1.165) is 36.8 Å². The average molecular weight is 439 g/mol. The van der Waals surface area contributed by atoms with E-state index >= 15 is 0 Å². The normalized spacial score (nSPS) is 15.0. The number of hydrogen-bond acceptors (Lipinski definition) is 5. The van der Waals surface area contributed by atoms with Crippen LogP contribution in [0.2, 0.25) is 5.02 Å². The van der Waals surface area contributed by atoms with Gasteiger partial charge >= 0.3 is 5.97 Å². The minimum Gasteiger partial charge on any atom is -0.491 e. The molecular weight excluding hydrogens is 416 g/mol. The number of benzene rings is 2. The van der Waals surface area contributed by atoms with Crippen molar-refractivity contribution in [2.75, 3.05) is 0 Å². The third kappa shape index (κ3) is 4.80. The van der Waals surface area contributed by atoms with E-state index in [1.807, 2.05) is 42.5 Å². The molecule has 3 aromatic rings. The molecule has 1 aromatic heterocycles. The van der Waals surface area contributed by atoms with Gasteiger partial charge < -0.3 is 14.9 Å². The Morgan fingerprint density at radius 2 is 1.74 bits per heavy atom. The van der Waals surface area contributed by atoms with Gasteiger partial charge in [0.25, 0.3) is 5.88 Å². The minimum atomic E-state index is -1.27. The Labute approximate surface area is 185 Å². The molecule has 1 heterocycles. The van der Waals surface area contributed by atoms with Crippen LogP contribution in [-0.4, -0.2) is 26.2 Å². The number of aromatic carboxylic acids is 1. The first kappa shape index (κ1) is 21.1. The maximum Gasteiger partial charge on any atom is 0.358 e. The van der Waals surface area contributed by atoms with Gasteiger partial charge in [0, 0.05) is 10.9 Å². The first-order valence-corrected chi connectivity index (χ1v) is 10.7. The number of rotatable bonds is 7. The van der Waals surface area contributed by atoms with Crippen molar-refractivity contribution in [2.24, 2.45) is 5.92 Å². The molecule has 1 aliphatic rings. The van der Waals surface area contributed by atoms with Crippen molar-refractivity contribution >= 4 is 17.6 Å². The highest BCUT2D eigenvalue weighted by atomic mass is 35.5. The largest absolute Gasteiger partial charge is 0.491 e. The molecule has 0 radical (unpaired) electrons. The highest BCUT2D eigenvalue weighted by Gasteiger charge is 2.32. The highest BCUT2D eigenvalue weighted by Crippen LogP contribution is 2.42. The molecule has 6 nitrogen and oxygen atoms in total. The fraction of sp³-hybridized carbons (Fsp3) is 0.292. The Bertz CT molecular complexity index is 1050. The van der Waals surface area contributed by atoms with E-state index in [-0.39, 0.29) is 35.7 Å². The van der Waals surface area contributed by atoms with Crippen LogP contribution in [0, 0.1) is 5.92 Å². The van der Waals surface area contributed by atoms with Gasteiger partial charge in [-0.2, -0.15) is 4.98 Å². The lowest BCUT2D eigenvalue weighted by Crippen LogP contribution is -2.18. The smallest absolute Gasteiger partial charge is 0.358 e. The van der Waals surface area contributed by atoms with Crippen molar-refractivity contribution in [1.29, 1.82) is 0 Å². The second kappa shape index (κ2) is 9.35. The molecule has 1 unspecified atom stereocenters. The summed E-state index contributed by atoms with van der Waals surface area (Å²) in [5, 5.41) is 21.0. The van der Waals surface area contributed by atoms with Gasteiger partial charge in [0.15, 0.2) is 5.69 Å². The summed E-state index contributed by atoms with van der Waals surface area (Å²) in [5.41, 5.74) is 1.45. The fourth-order valence-corrected chi connectivity index (χ4v) is 4.32. The Kier molecular flexibility index (Phi) is 6.37. The number of aromatic hydroxyl groups is 1. The minimum absolute atomic E-state index is 0.0978. The molecule has 1 aliphatic carbocycles. The van der Waals surface area contributed by atoms with Crippen LogP contribution in [0.25, 0.3) is 0 Å². The molecule has 1 atom stereocenters. The molecule has 2 N–H and O–H groups in total. The van der Waals surface area contributed by atoms with Gasteiger partial charge in [0.05, 0.1) is 0 Å². The monoisotopic (exact) mass is 438 g/mol. The zero-order chi connectivity index (χ0) is 21.8. The lowest BCUT2D eigenvalue weighted by Gasteiger charge is -2.23. The zero-order valence-electron chi connectivity index (χ0n) is 16.9. The Morgan fingerprint density at radius 3 is 2.39 bits per heavy atom. The second-order valence-electron chi connectivity index (χ2n) is 7.74. The van der Waals surface area contributed by atoms with E-state index in [0.29, 0.717) is 5.02 Å². The SMILES string of the molecule is O=C(O)c1nc(C(c2ccc(Cl)cc2)C2CCCC2)nc(O)c1OCc1ccccc1. The van der Waals surface area contributed by atoms with E-state index in [2.05, 4.69) is 9.97 Å². The van der Waals surface area contributed by atoms with Crippen molar-refractivity contribution in [2.45, 2.75) is 38.2 Å². The summed E-state index contributed by atoms with van der Waals surface area (Å²) in [5.74, 6) is -1.64. The molecule has 0 saturated heterocycles. The van der Waals surface area contributed by atoms with Gasteiger partial charge in [0.2, 0.25) is 5.75 Å². The van der Waals surface area contributed by atoms with Gasteiger partial charge in [-0.15, -0.1) is 0 Å². The number of ether oxygens (including phenoxy) is 1. The predicted octanol–water partition coefficient (Wildman–Crippen LogP) is 5.43. The van der Waals surface area contributed by atoms with Crippen LogP contribution in [0.3, 0.4) is 0 Å². The molecule has 4 rings (SSSR count). The summed E-state index contributed by atoms with van der Waals surface area (Å²) in [6.07, 6.45) is 4.19. The molecular formula is C24H23ClN2O4. The van der Waals surface area contributed by atoms with Gasteiger partial charge in [-0.3, -0.25) is 0 Å². The molecule has 7 heteroatoms. The van der Waals surface area contributed by atoms with Crippen LogP contribution in [0.5, 0.6) is 11.6 Å². The van der Waals surface area contributed by atoms with Gasteiger partial charge in [0.1, 0.15) is 12.4 Å². The lowest BCUT2D eigenvalue weighted by molar-refractivity contribution is 0.0682. The van der Waals surface area contributed by atoms with Crippen molar-refractivity contribution < 1.29 is 19.7 Å². The number of aromatic nitrogens is 2. The molecule has 0 aliphatic heterocycles. The van der Waals surface area contributed by atoms with Crippen LogP contribution < -0.4 is 4.74 Å². The number of carboxylic acid groups (broad SMARTS) is 1. The predicted molar refractivity (Wildman–Crippen MR) is 117 cm³/mol. The van der Waals surface area contributed by atoms with Crippen molar-refractivity contribution in [1.82, 2.24) is 9.97 Å². The quantitative estimate of drug-likeness (QED) is 0.510. The van der Waals surface area contributed by atoms with Gasteiger partial charge in [-0.1, -0.05) is 66.9 Å². The molecule has 0 bridgehead atoms. The van der Waals surface area contributed by atoms with Crippen molar-refractivity contribution in [3.8, 4) is 11.6 Å². The second-order valence-corrected chi connectivity index (χ2v) is 8.17. The van der Waals surface area contributed by atoms with Crippen LogP contribution in [0.1, 0.15) is 59.0 Å². The highest BCUT2D eigenvalue weighted by molar-refractivity contribution is 6.30. The first-order chi connectivity index (χ1) is 15.0. The molecule has 1 fully saturated rings. The number of carbonyl (C=O) groups is 1. The summed E-state index contributed by atoms with van der Waals surface area (Å²) in [6, 6.07) is 16.7. The summed E-state index contributed by atoms with van der Waals surface area (Å²) < 4.78 is 5.62. The molecule has 2 aromatic carbocycles. The van der Waals surface area contributed by atoms with Crippen molar-refractivity contribution in [3.05, 3.63) is 82.3 Å². The Hall–Kier alpha value is -3.12. The standard InChI is InChI=1S/C24H23ClN2O4/c25-18-12-10-17(11-13-18)19(16-8-4-5-9-16)22-26-20(24(29)30)21(23(28)27-22)31-14-15-6-2-1-3-7-15/h1-3,6-7,10-13,16,19H,4-5,8-9,14H2,(H,29,30)(H,26,27,28). The van der Waals surface area contributed by atoms with E-state index in [4.69, 9.17) is 16.3 Å². The first-order valence-electron chi connectivity index (χ1n) is 10.3. The topological polar surface area (TPSA) is 92.5 Å². The molecule has 0 spiro atoms. The Morgan fingerprint density at radius 1 is 1.06 bits per heavy atom. The summed E-state index contributed by atoms with van der Waals surface area (Å²) in [7, 11) is 0. The Balaban J connectivity index is 1.72. The third-order valence-electron chi connectivity index (χ3n) is 5.67. The maximum atomic E-state index is 12.0. The molecule has 31 heavy (non-hydrogen) atoms. The summed E-state index contributed by atoms with van der Waals surface area (Å²) >= 11 is 6.05. The van der Waals surface area contributed by atoms with Crippen LogP contribution in [0.4, 0.5) is 0 Å². The number of hydrogen-bond donors (Lipinski definition) is 2. The third-order valence-corrected chi connectivity index (χ3v) is 5.92. The average Bonchev–Trinajstić information content (AvgIpc) is 3.29. The molecule has 1 saturated carbocycles. The zero-order valence-corrected chi connectivity index (χ0v) is 17.6. The van der Waals surface area contributed by atoms with Crippen molar-refractivity contribution in [3.63, 3.8) is 0 Å². The summed E-state index contributed by atoms with van der Waals surface area (Å²) in [6.45, 7) is 0.0978. The number of nitrogens with zero attached hydrogens (tertiary/aromatic N) is 2. The summed E-state index contributed by atoms with van der Waals surface area (Å²) in [4.78, 5) is 20.6. The maximum absolute atomic E-state index is 12.0. The van der Waals surface area contributed by atoms with Crippen LogP contribution >= 0.6 is 11.6 Å². The number of carboxylic acids is 1. The molecule has 160 valence electrons. The van der Waals surface area contributed by atoms with E-state index in [1.54, 1.807) is 12.1 Å². The lowest BCUT2D eigenvalue weighted by atomic mass is 9.84. The number of halogens is 1. The van der Waals surface area contributed by atoms with Crippen LogP contribution in [0.15, 0.2) is 54.6 Å². The van der Waals surface area contributed by atoms with Gasteiger partial charge in [-0.25, -0.2) is 9.78 Å². The van der Waals surface area contributed by atoms with E-state index in [9.17, 15) is 15.0 Å². The molecule has 0 amide bonds. The van der Waals surface area contributed by atoms with Crippen LogP contribution in [-0.2, 0) is 6.61 Å². The fourth-order valence-electron chi connectivity index (χ4n) is 4.20. The van der Waals surface area contributed by atoms with E-state index in [1.165, 1.54) is 0 Å².